The van der Waals surface area contributed by atoms with Crippen molar-refractivity contribution in [1.29, 1.82) is 0 Å². The molecule has 90 valence electrons. The van der Waals surface area contributed by atoms with E-state index in [-0.39, 0.29) is 0 Å². The third kappa shape index (κ3) is 2.41. The molecule has 2 N–H and O–H groups in total. The Balaban J connectivity index is 2.01. The SMILES string of the molecule is CCCNC1COCC1c1n[nH]c(CC)n1. The second-order valence-corrected chi connectivity index (χ2v) is 4.20. The number of hydrogen-bond donors (Lipinski definition) is 2. The van der Waals surface area contributed by atoms with Crippen LogP contribution in [0.2, 0.25) is 0 Å². The van der Waals surface area contributed by atoms with Crippen LogP contribution in [0.3, 0.4) is 0 Å². The largest absolute Gasteiger partial charge is 0.379 e. The quantitative estimate of drug-likeness (QED) is 0.778. The van der Waals surface area contributed by atoms with Gasteiger partial charge in [-0.2, -0.15) is 5.10 Å². The third-order valence-electron chi connectivity index (χ3n) is 2.95. The molecule has 16 heavy (non-hydrogen) atoms. The number of rotatable bonds is 5. The molecule has 1 aliphatic heterocycles. The summed E-state index contributed by atoms with van der Waals surface area (Å²) in [5, 5.41) is 10.7. The van der Waals surface area contributed by atoms with Gasteiger partial charge in [0.1, 0.15) is 5.82 Å². The molecule has 0 saturated carbocycles. The van der Waals surface area contributed by atoms with Gasteiger partial charge in [0.2, 0.25) is 0 Å². The zero-order valence-corrected chi connectivity index (χ0v) is 9.99. The summed E-state index contributed by atoms with van der Waals surface area (Å²) in [5.41, 5.74) is 0. The molecule has 2 rings (SSSR count). The Labute approximate surface area is 96.0 Å². The maximum Gasteiger partial charge on any atom is 0.157 e. The lowest BCUT2D eigenvalue weighted by molar-refractivity contribution is 0.187. The summed E-state index contributed by atoms with van der Waals surface area (Å²) in [5.74, 6) is 2.14. The molecule has 0 aromatic carbocycles. The molecule has 0 radical (unpaired) electrons. The Morgan fingerprint density at radius 1 is 1.44 bits per heavy atom. The van der Waals surface area contributed by atoms with Crippen molar-refractivity contribution in [2.45, 2.75) is 38.6 Å². The Morgan fingerprint density at radius 3 is 3.00 bits per heavy atom. The van der Waals surface area contributed by atoms with Gasteiger partial charge in [-0.1, -0.05) is 13.8 Å². The van der Waals surface area contributed by atoms with Crippen LogP contribution in [-0.2, 0) is 11.2 Å². The van der Waals surface area contributed by atoms with E-state index in [4.69, 9.17) is 4.74 Å². The summed E-state index contributed by atoms with van der Waals surface area (Å²) in [6.07, 6.45) is 2.03. The normalized spacial score (nSPS) is 25.1. The van der Waals surface area contributed by atoms with E-state index in [1.807, 2.05) is 0 Å². The van der Waals surface area contributed by atoms with Crippen molar-refractivity contribution < 1.29 is 4.74 Å². The molecule has 1 aliphatic rings. The van der Waals surface area contributed by atoms with Crippen LogP contribution < -0.4 is 5.32 Å². The van der Waals surface area contributed by atoms with Crippen molar-refractivity contribution in [2.75, 3.05) is 19.8 Å². The van der Waals surface area contributed by atoms with E-state index in [9.17, 15) is 0 Å². The first kappa shape index (κ1) is 11.5. The van der Waals surface area contributed by atoms with Crippen LogP contribution in [0.5, 0.6) is 0 Å². The van der Waals surface area contributed by atoms with E-state index in [2.05, 4.69) is 34.3 Å². The highest BCUT2D eigenvalue weighted by molar-refractivity contribution is 5.05. The highest BCUT2D eigenvalue weighted by atomic mass is 16.5. The molecule has 5 nitrogen and oxygen atoms in total. The molecular formula is C11H20N4O. The average Bonchev–Trinajstić information content (AvgIpc) is 2.94. The van der Waals surface area contributed by atoms with E-state index in [0.717, 1.165) is 44.2 Å². The van der Waals surface area contributed by atoms with Crippen molar-refractivity contribution in [3.63, 3.8) is 0 Å². The Hall–Kier alpha value is -0.940. The number of nitrogens with one attached hydrogen (secondary N) is 2. The standard InChI is InChI=1S/C11H20N4O/c1-3-5-12-9-7-16-6-8(9)11-13-10(4-2)14-15-11/h8-9,12H,3-7H2,1-2H3,(H,13,14,15). The van der Waals surface area contributed by atoms with Crippen molar-refractivity contribution in [2.24, 2.45) is 0 Å². The molecule has 0 amide bonds. The fourth-order valence-electron chi connectivity index (χ4n) is 1.97. The van der Waals surface area contributed by atoms with Gasteiger partial charge < -0.3 is 10.1 Å². The summed E-state index contributed by atoms with van der Waals surface area (Å²) in [4.78, 5) is 4.48. The molecule has 0 spiro atoms. The van der Waals surface area contributed by atoms with Gasteiger partial charge in [-0.05, 0) is 13.0 Å². The summed E-state index contributed by atoms with van der Waals surface area (Å²) in [7, 11) is 0. The molecule has 1 saturated heterocycles. The second-order valence-electron chi connectivity index (χ2n) is 4.20. The third-order valence-corrected chi connectivity index (χ3v) is 2.95. The van der Waals surface area contributed by atoms with Gasteiger partial charge in [-0.3, -0.25) is 5.10 Å². The van der Waals surface area contributed by atoms with Crippen LogP contribution >= 0.6 is 0 Å². The zero-order valence-electron chi connectivity index (χ0n) is 9.99. The first-order chi connectivity index (χ1) is 7.85. The maximum absolute atomic E-state index is 5.51. The number of H-pyrrole nitrogens is 1. The van der Waals surface area contributed by atoms with E-state index in [0.29, 0.717) is 12.0 Å². The summed E-state index contributed by atoms with van der Waals surface area (Å²) >= 11 is 0. The van der Waals surface area contributed by atoms with Gasteiger partial charge >= 0.3 is 0 Å². The number of nitrogens with zero attached hydrogens (tertiary/aromatic N) is 2. The molecular weight excluding hydrogens is 204 g/mol. The van der Waals surface area contributed by atoms with Gasteiger partial charge in [0, 0.05) is 12.5 Å². The smallest absolute Gasteiger partial charge is 0.157 e. The maximum atomic E-state index is 5.51. The van der Waals surface area contributed by atoms with Crippen LogP contribution in [-0.4, -0.2) is 41.0 Å². The minimum Gasteiger partial charge on any atom is -0.379 e. The Kier molecular flexibility index (Phi) is 3.90. The van der Waals surface area contributed by atoms with Crippen LogP contribution in [0.25, 0.3) is 0 Å². The molecule has 1 aromatic heterocycles. The topological polar surface area (TPSA) is 62.8 Å². The minimum atomic E-state index is 0.295. The second kappa shape index (κ2) is 5.41. The molecule has 1 fully saturated rings. The number of aromatic amines is 1. The van der Waals surface area contributed by atoms with Crippen LogP contribution in [0.15, 0.2) is 0 Å². The van der Waals surface area contributed by atoms with Crippen molar-refractivity contribution in [3.05, 3.63) is 11.6 Å². The van der Waals surface area contributed by atoms with Gasteiger partial charge in [-0.15, -0.1) is 0 Å². The molecule has 2 heterocycles. The molecule has 0 bridgehead atoms. The fourth-order valence-corrected chi connectivity index (χ4v) is 1.97. The van der Waals surface area contributed by atoms with E-state index >= 15 is 0 Å². The number of hydrogen-bond acceptors (Lipinski definition) is 4. The molecule has 2 unspecified atom stereocenters. The van der Waals surface area contributed by atoms with Crippen LogP contribution in [0, 0.1) is 0 Å². The highest BCUT2D eigenvalue weighted by Gasteiger charge is 2.31. The van der Waals surface area contributed by atoms with E-state index in [1.165, 1.54) is 0 Å². The van der Waals surface area contributed by atoms with Crippen molar-refractivity contribution in [3.8, 4) is 0 Å². The molecule has 0 aliphatic carbocycles. The molecule has 2 atom stereocenters. The van der Waals surface area contributed by atoms with E-state index in [1.54, 1.807) is 0 Å². The van der Waals surface area contributed by atoms with Gasteiger partial charge in [0.25, 0.3) is 0 Å². The summed E-state index contributed by atoms with van der Waals surface area (Å²) in [6.45, 7) is 6.75. The zero-order chi connectivity index (χ0) is 11.4. The number of ether oxygens (including phenoxy) is 1. The number of aromatic nitrogens is 3. The monoisotopic (exact) mass is 224 g/mol. The first-order valence-corrected chi connectivity index (χ1v) is 6.07. The Bertz CT molecular complexity index is 326. The number of aryl methyl sites for hydroxylation is 1. The van der Waals surface area contributed by atoms with Crippen molar-refractivity contribution >= 4 is 0 Å². The molecule has 1 aromatic rings. The summed E-state index contributed by atoms with van der Waals surface area (Å²) < 4.78 is 5.51. The minimum absolute atomic E-state index is 0.295. The average molecular weight is 224 g/mol. The highest BCUT2D eigenvalue weighted by Crippen LogP contribution is 2.22. The van der Waals surface area contributed by atoms with Gasteiger partial charge in [0.15, 0.2) is 5.82 Å². The molecule has 5 heteroatoms. The lowest BCUT2D eigenvalue weighted by Crippen LogP contribution is -2.35. The van der Waals surface area contributed by atoms with Gasteiger partial charge in [-0.25, -0.2) is 4.98 Å². The summed E-state index contributed by atoms with van der Waals surface area (Å²) in [6, 6.07) is 0.362. The predicted molar refractivity (Wildman–Crippen MR) is 61.4 cm³/mol. The van der Waals surface area contributed by atoms with Crippen LogP contribution in [0.4, 0.5) is 0 Å². The van der Waals surface area contributed by atoms with Crippen molar-refractivity contribution in [1.82, 2.24) is 20.5 Å². The Morgan fingerprint density at radius 2 is 2.31 bits per heavy atom. The lowest BCUT2D eigenvalue weighted by atomic mass is 10.0. The lowest BCUT2D eigenvalue weighted by Gasteiger charge is -2.15. The van der Waals surface area contributed by atoms with Crippen LogP contribution in [0.1, 0.15) is 37.8 Å². The van der Waals surface area contributed by atoms with Gasteiger partial charge in [0.05, 0.1) is 19.1 Å². The van der Waals surface area contributed by atoms with E-state index < -0.39 is 0 Å². The fraction of sp³-hybridized carbons (Fsp3) is 0.818. The first-order valence-electron chi connectivity index (χ1n) is 6.07. The predicted octanol–water partition coefficient (Wildman–Crippen LogP) is 0.849.